The summed E-state index contributed by atoms with van der Waals surface area (Å²) in [6.45, 7) is 0. The first-order valence-electron chi connectivity index (χ1n) is 6.19. The standard InChI is InChI=1S/C14H19ClN2/c15-13-8-6-11(7-9-13)10-14(17-16)12-4-2-1-3-5-12/h4,6-9,14,17H,1-3,5,10,16H2. The first kappa shape index (κ1) is 12.6. The molecule has 0 radical (unpaired) electrons. The monoisotopic (exact) mass is 250 g/mol. The van der Waals surface area contributed by atoms with Crippen molar-refractivity contribution in [1.29, 1.82) is 0 Å². The fourth-order valence-corrected chi connectivity index (χ4v) is 2.46. The molecular weight excluding hydrogens is 232 g/mol. The maximum atomic E-state index is 5.88. The third-order valence-electron chi connectivity index (χ3n) is 3.33. The van der Waals surface area contributed by atoms with Crippen molar-refractivity contribution in [3.8, 4) is 0 Å². The molecule has 1 aliphatic carbocycles. The first-order chi connectivity index (χ1) is 8.29. The lowest BCUT2D eigenvalue weighted by Crippen LogP contribution is -2.38. The molecule has 2 nitrogen and oxygen atoms in total. The Balaban J connectivity index is 2.04. The molecule has 0 saturated heterocycles. The molecule has 3 N–H and O–H groups in total. The zero-order valence-corrected chi connectivity index (χ0v) is 10.7. The second-order valence-electron chi connectivity index (χ2n) is 4.57. The Labute approximate surface area is 108 Å². The SMILES string of the molecule is NNC(Cc1ccc(Cl)cc1)C1=CCCCC1. The zero-order chi connectivity index (χ0) is 12.1. The molecule has 0 fully saturated rings. The van der Waals surface area contributed by atoms with Crippen LogP contribution in [0.5, 0.6) is 0 Å². The second kappa shape index (κ2) is 6.20. The highest BCUT2D eigenvalue weighted by atomic mass is 35.5. The van der Waals surface area contributed by atoms with Gasteiger partial charge >= 0.3 is 0 Å². The molecule has 0 aromatic heterocycles. The van der Waals surface area contributed by atoms with Crippen molar-refractivity contribution in [2.75, 3.05) is 0 Å². The van der Waals surface area contributed by atoms with E-state index in [2.05, 4.69) is 23.6 Å². The van der Waals surface area contributed by atoms with Gasteiger partial charge in [0.05, 0.1) is 0 Å². The van der Waals surface area contributed by atoms with Gasteiger partial charge in [-0.2, -0.15) is 0 Å². The topological polar surface area (TPSA) is 38.0 Å². The lowest BCUT2D eigenvalue weighted by atomic mass is 9.91. The van der Waals surface area contributed by atoms with Gasteiger partial charge in [-0.25, -0.2) is 0 Å². The van der Waals surface area contributed by atoms with E-state index in [4.69, 9.17) is 17.4 Å². The number of hydrogen-bond donors (Lipinski definition) is 2. The van der Waals surface area contributed by atoms with Gasteiger partial charge in [0.2, 0.25) is 0 Å². The molecule has 0 spiro atoms. The van der Waals surface area contributed by atoms with Gasteiger partial charge < -0.3 is 0 Å². The summed E-state index contributed by atoms with van der Waals surface area (Å²) in [4.78, 5) is 0. The van der Waals surface area contributed by atoms with E-state index < -0.39 is 0 Å². The van der Waals surface area contributed by atoms with Crippen LogP contribution in [0.4, 0.5) is 0 Å². The number of rotatable bonds is 4. The number of halogens is 1. The summed E-state index contributed by atoms with van der Waals surface area (Å²) in [5, 5.41) is 0.780. The first-order valence-corrected chi connectivity index (χ1v) is 6.57. The molecule has 0 amide bonds. The number of nitrogens with one attached hydrogen (secondary N) is 1. The van der Waals surface area contributed by atoms with E-state index in [0.717, 1.165) is 11.4 Å². The molecule has 0 heterocycles. The van der Waals surface area contributed by atoms with E-state index in [1.165, 1.54) is 36.8 Å². The Bertz CT molecular complexity index is 384. The molecule has 1 aromatic rings. The van der Waals surface area contributed by atoms with Crippen LogP contribution in [-0.4, -0.2) is 6.04 Å². The van der Waals surface area contributed by atoms with Crippen molar-refractivity contribution in [3.05, 3.63) is 46.5 Å². The highest BCUT2D eigenvalue weighted by Crippen LogP contribution is 2.22. The van der Waals surface area contributed by atoms with Crippen molar-refractivity contribution >= 4 is 11.6 Å². The van der Waals surface area contributed by atoms with Gasteiger partial charge in [-0.1, -0.05) is 35.4 Å². The molecule has 0 aliphatic heterocycles. The Morgan fingerprint density at radius 1 is 1.24 bits per heavy atom. The van der Waals surface area contributed by atoms with Crippen molar-refractivity contribution in [2.24, 2.45) is 5.84 Å². The molecule has 1 aromatic carbocycles. The lowest BCUT2D eigenvalue weighted by Gasteiger charge is -2.22. The normalized spacial score (nSPS) is 17.6. The summed E-state index contributed by atoms with van der Waals surface area (Å²) in [6, 6.07) is 8.25. The van der Waals surface area contributed by atoms with E-state index in [9.17, 15) is 0 Å². The van der Waals surface area contributed by atoms with Crippen LogP contribution >= 0.6 is 11.6 Å². The Morgan fingerprint density at radius 3 is 2.59 bits per heavy atom. The summed E-state index contributed by atoms with van der Waals surface area (Å²) in [5.74, 6) is 5.66. The molecule has 1 atom stereocenters. The van der Waals surface area contributed by atoms with Crippen molar-refractivity contribution in [1.82, 2.24) is 5.43 Å². The molecule has 0 bridgehead atoms. The van der Waals surface area contributed by atoms with Gasteiger partial charge in [-0.3, -0.25) is 11.3 Å². The van der Waals surface area contributed by atoms with Crippen LogP contribution in [0.2, 0.25) is 5.02 Å². The summed E-state index contributed by atoms with van der Waals surface area (Å²) < 4.78 is 0. The molecule has 2 rings (SSSR count). The van der Waals surface area contributed by atoms with Crippen LogP contribution in [0.3, 0.4) is 0 Å². The predicted molar refractivity (Wildman–Crippen MR) is 72.8 cm³/mol. The average Bonchev–Trinajstić information content (AvgIpc) is 2.39. The highest BCUT2D eigenvalue weighted by Gasteiger charge is 2.15. The fourth-order valence-electron chi connectivity index (χ4n) is 2.33. The molecule has 92 valence electrons. The molecule has 1 unspecified atom stereocenters. The van der Waals surface area contributed by atoms with E-state index in [1.54, 1.807) is 0 Å². The number of benzene rings is 1. The number of hydrogen-bond acceptors (Lipinski definition) is 2. The average molecular weight is 251 g/mol. The van der Waals surface area contributed by atoms with Crippen molar-refractivity contribution in [3.63, 3.8) is 0 Å². The van der Waals surface area contributed by atoms with Gasteiger partial charge in [-0.05, 0) is 49.8 Å². The van der Waals surface area contributed by atoms with E-state index in [0.29, 0.717) is 0 Å². The van der Waals surface area contributed by atoms with Crippen LogP contribution in [0.25, 0.3) is 0 Å². The molecule has 1 aliphatic rings. The third-order valence-corrected chi connectivity index (χ3v) is 3.58. The van der Waals surface area contributed by atoms with Gasteiger partial charge in [0.15, 0.2) is 0 Å². The quantitative estimate of drug-likeness (QED) is 0.489. The van der Waals surface area contributed by atoms with Gasteiger partial charge in [0.25, 0.3) is 0 Å². The Morgan fingerprint density at radius 2 is 2.00 bits per heavy atom. The lowest BCUT2D eigenvalue weighted by molar-refractivity contribution is 0.542. The summed E-state index contributed by atoms with van der Waals surface area (Å²) in [6.07, 6.45) is 8.21. The highest BCUT2D eigenvalue weighted by molar-refractivity contribution is 6.30. The Kier molecular flexibility index (Phi) is 4.60. The molecule has 17 heavy (non-hydrogen) atoms. The van der Waals surface area contributed by atoms with Gasteiger partial charge in [0, 0.05) is 11.1 Å². The van der Waals surface area contributed by atoms with Crippen LogP contribution in [0, 0.1) is 0 Å². The minimum absolute atomic E-state index is 0.261. The van der Waals surface area contributed by atoms with Crippen LogP contribution < -0.4 is 11.3 Å². The molecule has 3 heteroatoms. The number of allylic oxidation sites excluding steroid dienone is 1. The van der Waals surface area contributed by atoms with E-state index in [-0.39, 0.29) is 6.04 Å². The summed E-state index contributed by atoms with van der Waals surface area (Å²) in [7, 11) is 0. The maximum Gasteiger partial charge on any atom is 0.0460 e. The number of nitrogens with two attached hydrogens (primary N) is 1. The van der Waals surface area contributed by atoms with Crippen molar-refractivity contribution < 1.29 is 0 Å². The number of hydrazine groups is 1. The third kappa shape index (κ3) is 3.56. The molecular formula is C14H19ClN2. The maximum absolute atomic E-state index is 5.88. The van der Waals surface area contributed by atoms with E-state index in [1.807, 2.05) is 12.1 Å². The summed E-state index contributed by atoms with van der Waals surface area (Å²) in [5.41, 5.74) is 5.65. The second-order valence-corrected chi connectivity index (χ2v) is 5.01. The van der Waals surface area contributed by atoms with Crippen LogP contribution in [0.15, 0.2) is 35.9 Å². The van der Waals surface area contributed by atoms with Gasteiger partial charge in [0.1, 0.15) is 0 Å². The zero-order valence-electron chi connectivity index (χ0n) is 9.95. The Hall–Kier alpha value is -0.830. The minimum Gasteiger partial charge on any atom is -0.271 e. The van der Waals surface area contributed by atoms with Crippen molar-refractivity contribution in [2.45, 2.75) is 38.1 Å². The van der Waals surface area contributed by atoms with Gasteiger partial charge in [-0.15, -0.1) is 0 Å². The smallest absolute Gasteiger partial charge is 0.0460 e. The summed E-state index contributed by atoms with van der Waals surface area (Å²) >= 11 is 5.88. The minimum atomic E-state index is 0.261. The van der Waals surface area contributed by atoms with Crippen LogP contribution in [0.1, 0.15) is 31.2 Å². The predicted octanol–water partition coefficient (Wildman–Crippen LogP) is 3.21. The molecule has 0 saturated carbocycles. The van der Waals surface area contributed by atoms with Crippen LogP contribution in [-0.2, 0) is 6.42 Å². The van der Waals surface area contributed by atoms with E-state index >= 15 is 0 Å². The largest absolute Gasteiger partial charge is 0.271 e. The fraction of sp³-hybridized carbons (Fsp3) is 0.429.